The number of unbranched alkanes of at least 4 members (excludes halogenated alkanes) is 18. The Morgan fingerprint density at radius 2 is 0.714 bits per heavy atom. The molecule has 1 heterocycles. The first kappa shape index (κ1) is 42.4. The van der Waals surface area contributed by atoms with E-state index >= 15 is 0 Å². The largest absolute Gasteiger partial charge is 0.384 e. The summed E-state index contributed by atoms with van der Waals surface area (Å²) in [5, 5.41) is 0. The Balaban J connectivity index is 0.00000833. The number of halogens is 1. The van der Waals surface area contributed by atoms with Crippen molar-refractivity contribution in [2.75, 3.05) is 49.1 Å². The average molecular weight is 696 g/mol. The van der Waals surface area contributed by atoms with Crippen molar-refractivity contribution in [3.63, 3.8) is 0 Å². The zero-order valence-corrected chi connectivity index (χ0v) is 32.2. The van der Waals surface area contributed by atoms with Gasteiger partial charge in [0.2, 0.25) is 0 Å². The zero-order chi connectivity index (χ0) is 34.1. The molecule has 2 aromatic rings. The monoisotopic (exact) mass is 695 g/mol. The maximum atomic E-state index is 6.34. The number of rotatable bonds is 26. The molecule has 1 aliphatic rings. The van der Waals surface area contributed by atoms with Crippen molar-refractivity contribution in [3.8, 4) is 0 Å². The van der Waals surface area contributed by atoms with Crippen LogP contribution in [0, 0.1) is 0 Å². The van der Waals surface area contributed by atoms with E-state index in [1.54, 1.807) is 0 Å². The Kier molecular flexibility index (Phi) is 23.4. The van der Waals surface area contributed by atoms with E-state index in [4.69, 9.17) is 11.5 Å². The van der Waals surface area contributed by atoms with Crippen molar-refractivity contribution in [3.05, 3.63) is 59.7 Å². The quantitative estimate of drug-likeness (QED) is 0.0583. The van der Waals surface area contributed by atoms with Gasteiger partial charge in [-0.3, -0.25) is 9.98 Å². The van der Waals surface area contributed by atoms with E-state index in [0.717, 1.165) is 63.2 Å². The molecule has 0 atom stereocenters. The van der Waals surface area contributed by atoms with Gasteiger partial charge in [-0.15, -0.1) is 12.4 Å². The third-order valence-electron chi connectivity index (χ3n) is 9.92. The van der Waals surface area contributed by atoms with Crippen LogP contribution in [0.4, 0.5) is 11.4 Å². The smallest absolute Gasteiger partial charge is 0.125 e. The Labute approximate surface area is 307 Å². The van der Waals surface area contributed by atoms with Crippen LogP contribution in [0.5, 0.6) is 0 Å². The number of anilines is 2. The van der Waals surface area contributed by atoms with Crippen molar-refractivity contribution in [1.82, 2.24) is 0 Å². The normalized spacial score (nSPS) is 13.9. The molecule has 0 aromatic heterocycles. The zero-order valence-electron chi connectivity index (χ0n) is 31.4. The highest BCUT2D eigenvalue weighted by atomic mass is 35.5. The van der Waals surface area contributed by atoms with Gasteiger partial charge in [0.15, 0.2) is 0 Å². The lowest BCUT2D eigenvalue weighted by Gasteiger charge is -2.37. The Morgan fingerprint density at radius 3 is 1.00 bits per heavy atom. The molecule has 0 saturated carbocycles. The Morgan fingerprint density at radius 1 is 0.449 bits per heavy atom. The summed E-state index contributed by atoms with van der Waals surface area (Å²) in [6.45, 7) is 10.2. The molecule has 7 heteroatoms. The van der Waals surface area contributed by atoms with Crippen LogP contribution >= 0.6 is 12.4 Å². The first-order valence-electron chi connectivity index (χ1n) is 19.9. The van der Waals surface area contributed by atoms with Gasteiger partial charge in [-0.05, 0) is 61.4 Å². The maximum absolute atomic E-state index is 6.34. The maximum Gasteiger partial charge on any atom is 0.125 e. The van der Waals surface area contributed by atoms with Crippen molar-refractivity contribution < 1.29 is 0 Å². The van der Waals surface area contributed by atoms with Gasteiger partial charge >= 0.3 is 0 Å². The number of hydrogen-bond acceptors (Lipinski definition) is 4. The summed E-state index contributed by atoms with van der Waals surface area (Å²) in [6.07, 6.45) is 26.7. The van der Waals surface area contributed by atoms with Gasteiger partial charge in [-0.2, -0.15) is 0 Å². The molecule has 1 fully saturated rings. The van der Waals surface area contributed by atoms with E-state index in [9.17, 15) is 0 Å². The van der Waals surface area contributed by atoms with Gasteiger partial charge < -0.3 is 21.3 Å². The molecule has 0 radical (unpaired) electrons. The van der Waals surface area contributed by atoms with Crippen LogP contribution in [0.3, 0.4) is 0 Å². The predicted molar refractivity (Wildman–Crippen MR) is 219 cm³/mol. The fourth-order valence-corrected chi connectivity index (χ4v) is 6.69. The van der Waals surface area contributed by atoms with Gasteiger partial charge in [0.1, 0.15) is 11.7 Å². The number of nitrogens with zero attached hydrogens (tertiary/aromatic N) is 4. The van der Waals surface area contributed by atoms with E-state index in [2.05, 4.69) is 82.2 Å². The second-order valence-corrected chi connectivity index (χ2v) is 14.0. The fourth-order valence-electron chi connectivity index (χ4n) is 6.69. The summed E-state index contributed by atoms with van der Waals surface area (Å²) >= 11 is 0. The lowest BCUT2D eigenvalue weighted by molar-refractivity contribution is 0.558. The van der Waals surface area contributed by atoms with Gasteiger partial charge in [0.05, 0.1) is 0 Å². The van der Waals surface area contributed by atoms with Crippen molar-refractivity contribution >= 4 is 35.5 Å². The van der Waals surface area contributed by atoms with E-state index in [-0.39, 0.29) is 12.4 Å². The van der Waals surface area contributed by atoms with Gasteiger partial charge in [-0.1, -0.05) is 129 Å². The van der Waals surface area contributed by atoms with E-state index in [0.29, 0.717) is 11.7 Å². The van der Waals surface area contributed by atoms with E-state index in [1.165, 1.54) is 127 Å². The first-order chi connectivity index (χ1) is 23.6. The summed E-state index contributed by atoms with van der Waals surface area (Å²) < 4.78 is 0. The summed E-state index contributed by atoms with van der Waals surface area (Å²) in [5.41, 5.74) is 17.2. The van der Waals surface area contributed by atoms with Gasteiger partial charge in [0, 0.05) is 61.8 Å². The molecule has 3 rings (SSSR count). The molecule has 2 aromatic carbocycles. The predicted octanol–water partition coefficient (Wildman–Crippen LogP) is 10.7. The summed E-state index contributed by atoms with van der Waals surface area (Å²) in [5.74, 6) is 1.32. The summed E-state index contributed by atoms with van der Waals surface area (Å²) in [6, 6.07) is 17.3. The third kappa shape index (κ3) is 17.7. The molecule has 49 heavy (non-hydrogen) atoms. The molecule has 0 bridgehead atoms. The van der Waals surface area contributed by atoms with E-state index < -0.39 is 0 Å². The minimum Gasteiger partial charge on any atom is -0.384 e. The van der Waals surface area contributed by atoms with E-state index in [1.807, 2.05) is 0 Å². The van der Waals surface area contributed by atoms with Crippen LogP contribution in [0.2, 0.25) is 0 Å². The number of amidine groups is 2. The highest BCUT2D eigenvalue weighted by Crippen LogP contribution is 2.22. The molecule has 0 spiro atoms. The molecular weight excluding hydrogens is 624 g/mol. The molecule has 4 N–H and O–H groups in total. The number of piperazine rings is 1. The fraction of sp³-hybridized carbons (Fsp3) is 0.667. The van der Waals surface area contributed by atoms with Crippen LogP contribution in [0.1, 0.15) is 153 Å². The molecule has 0 unspecified atom stereocenters. The second-order valence-electron chi connectivity index (χ2n) is 14.0. The van der Waals surface area contributed by atoms with Crippen LogP contribution in [0.25, 0.3) is 0 Å². The minimum atomic E-state index is 0. The van der Waals surface area contributed by atoms with Gasteiger partial charge in [0.25, 0.3) is 0 Å². The van der Waals surface area contributed by atoms with Crippen LogP contribution in [-0.4, -0.2) is 50.9 Å². The van der Waals surface area contributed by atoms with Crippen LogP contribution in [-0.2, 0) is 0 Å². The standard InChI is InChI=1S/C42H70N6.ClH/c1-3-5-7-9-11-13-15-17-19-21-31-45-41(43)37-23-27-39(28-24-37)47-33-35-48(36-34-47)40-29-25-38(26-30-40)42(44)46-32-22-20-18-16-14-12-10-8-6-4-2;/h23-30H,3-22,31-36H2,1-2H3,(H2,43,45)(H2,44,46);1H. The van der Waals surface area contributed by atoms with Crippen molar-refractivity contribution in [2.24, 2.45) is 21.5 Å². The molecule has 0 aliphatic carbocycles. The topological polar surface area (TPSA) is 83.2 Å². The molecule has 6 nitrogen and oxygen atoms in total. The minimum absolute atomic E-state index is 0. The summed E-state index contributed by atoms with van der Waals surface area (Å²) in [4.78, 5) is 14.3. The van der Waals surface area contributed by atoms with Gasteiger partial charge in [-0.25, -0.2) is 0 Å². The first-order valence-corrected chi connectivity index (χ1v) is 19.9. The van der Waals surface area contributed by atoms with Crippen LogP contribution in [0.15, 0.2) is 58.5 Å². The number of hydrogen-bond donors (Lipinski definition) is 2. The Bertz CT molecular complexity index is 1050. The van der Waals surface area contributed by atoms with Crippen LogP contribution < -0.4 is 21.3 Å². The second kappa shape index (κ2) is 27.1. The lowest BCUT2D eigenvalue weighted by atomic mass is 10.1. The SMILES string of the molecule is CCCCCCCCCCCCN=C(N)c1ccc(N2CCN(c3ccc(C(N)=NCCCCCCCCCCCC)cc3)CC2)cc1.Cl. The highest BCUT2D eigenvalue weighted by Gasteiger charge is 2.18. The number of nitrogens with two attached hydrogens (primary N) is 2. The molecular formula is C42H71ClN6. The highest BCUT2D eigenvalue weighted by molar-refractivity contribution is 5.98. The molecule has 1 saturated heterocycles. The molecule has 1 aliphatic heterocycles. The molecule has 276 valence electrons. The lowest BCUT2D eigenvalue weighted by Crippen LogP contribution is -2.46. The molecule has 0 amide bonds. The third-order valence-corrected chi connectivity index (χ3v) is 9.92. The van der Waals surface area contributed by atoms with Crippen molar-refractivity contribution in [2.45, 2.75) is 142 Å². The number of aliphatic imine (C=N–C) groups is 2. The average Bonchev–Trinajstić information content (AvgIpc) is 3.13. The Hall–Kier alpha value is -2.73. The van der Waals surface area contributed by atoms with Crippen molar-refractivity contribution in [1.29, 1.82) is 0 Å². The summed E-state index contributed by atoms with van der Waals surface area (Å²) in [7, 11) is 0. The number of benzene rings is 2.